The predicted molar refractivity (Wildman–Crippen MR) is 75.7 cm³/mol. The van der Waals surface area contributed by atoms with Gasteiger partial charge in [0.2, 0.25) is 0 Å². The second-order valence-corrected chi connectivity index (χ2v) is 5.81. The summed E-state index contributed by atoms with van der Waals surface area (Å²) in [5.74, 6) is 0.587. The largest absolute Gasteiger partial charge is 0.380 e. The molecule has 1 heterocycles. The number of nitrogens with one attached hydrogen (secondary N) is 1. The lowest BCUT2D eigenvalue weighted by Crippen LogP contribution is -2.39. The van der Waals surface area contributed by atoms with E-state index in [0.717, 1.165) is 13.2 Å². The normalized spacial score (nSPS) is 15.2. The molecule has 1 aromatic heterocycles. The van der Waals surface area contributed by atoms with Gasteiger partial charge in [0.25, 0.3) is 0 Å². The van der Waals surface area contributed by atoms with E-state index in [4.69, 9.17) is 4.74 Å². The first-order valence-electron chi connectivity index (χ1n) is 6.44. The first-order valence-corrected chi connectivity index (χ1v) is 7.32. The van der Waals surface area contributed by atoms with Crippen molar-refractivity contribution in [1.82, 2.24) is 5.32 Å². The predicted octanol–water partition coefficient (Wildman–Crippen LogP) is 3.77. The van der Waals surface area contributed by atoms with E-state index in [1.54, 1.807) is 0 Å². The second-order valence-electron chi connectivity index (χ2n) is 4.87. The monoisotopic (exact) mass is 255 g/mol. The molecule has 0 radical (unpaired) electrons. The lowest BCUT2D eigenvalue weighted by molar-refractivity contribution is 0.104. The molecule has 2 nitrogen and oxygen atoms in total. The third-order valence-electron chi connectivity index (χ3n) is 3.07. The van der Waals surface area contributed by atoms with E-state index >= 15 is 0 Å². The van der Waals surface area contributed by atoms with Crippen molar-refractivity contribution in [3.8, 4) is 0 Å². The summed E-state index contributed by atoms with van der Waals surface area (Å²) in [7, 11) is 0. The van der Waals surface area contributed by atoms with Gasteiger partial charge < -0.3 is 10.1 Å². The molecule has 2 atom stereocenters. The smallest absolute Gasteiger partial charge is 0.0622 e. The van der Waals surface area contributed by atoms with Gasteiger partial charge in [-0.15, -0.1) is 11.3 Å². The minimum atomic E-state index is 0.405. The standard InChI is InChI=1S/C14H25NOS/c1-6-16-9-13(10(2)3)15-12(5)14-11(4)7-8-17-14/h7-8,10,12-13,15H,6,9H2,1-5H3. The average Bonchev–Trinajstić information content (AvgIpc) is 2.70. The Morgan fingerprint density at radius 2 is 2.06 bits per heavy atom. The van der Waals surface area contributed by atoms with Crippen LogP contribution in [0.15, 0.2) is 11.4 Å². The van der Waals surface area contributed by atoms with E-state index in [-0.39, 0.29) is 0 Å². The summed E-state index contributed by atoms with van der Waals surface area (Å²) in [6, 6.07) is 3.01. The van der Waals surface area contributed by atoms with Crippen LogP contribution in [0.5, 0.6) is 0 Å². The van der Waals surface area contributed by atoms with Crippen LogP contribution in [-0.2, 0) is 4.74 Å². The first kappa shape index (κ1) is 14.7. The zero-order valence-electron chi connectivity index (χ0n) is 11.6. The molecular weight excluding hydrogens is 230 g/mol. The van der Waals surface area contributed by atoms with E-state index < -0.39 is 0 Å². The van der Waals surface area contributed by atoms with Gasteiger partial charge in [0, 0.05) is 23.6 Å². The molecule has 0 saturated heterocycles. The van der Waals surface area contributed by atoms with Crippen LogP contribution in [0, 0.1) is 12.8 Å². The Bertz CT molecular complexity index is 322. The Morgan fingerprint density at radius 1 is 1.35 bits per heavy atom. The zero-order chi connectivity index (χ0) is 12.8. The number of aryl methyl sites for hydroxylation is 1. The van der Waals surface area contributed by atoms with Crippen LogP contribution in [0.25, 0.3) is 0 Å². The summed E-state index contributed by atoms with van der Waals surface area (Å²) in [4.78, 5) is 1.44. The third-order valence-corrected chi connectivity index (χ3v) is 4.27. The molecule has 17 heavy (non-hydrogen) atoms. The van der Waals surface area contributed by atoms with Crippen LogP contribution in [0.2, 0.25) is 0 Å². The Hall–Kier alpha value is -0.380. The fourth-order valence-corrected chi connectivity index (χ4v) is 2.85. The fraction of sp³-hybridized carbons (Fsp3) is 0.714. The topological polar surface area (TPSA) is 21.3 Å². The van der Waals surface area contributed by atoms with Crippen molar-refractivity contribution in [2.45, 2.75) is 46.7 Å². The Kier molecular flexibility index (Phi) is 6.17. The molecule has 0 aliphatic carbocycles. The van der Waals surface area contributed by atoms with E-state index in [1.807, 2.05) is 18.3 Å². The number of hydrogen-bond donors (Lipinski definition) is 1. The van der Waals surface area contributed by atoms with Crippen LogP contribution < -0.4 is 5.32 Å². The van der Waals surface area contributed by atoms with Gasteiger partial charge in [-0.25, -0.2) is 0 Å². The van der Waals surface area contributed by atoms with Gasteiger partial charge in [-0.05, 0) is 43.7 Å². The quantitative estimate of drug-likeness (QED) is 0.801. The van der Waals surface area contributed by atoms with Crippen LogP contribution in [-0.4, -0.2) is 19.3 Å². The van der Waals surface area contributed by atoms with Crippen LogP contribution in [0.1, 0.15) is 44.2 Å². The lowest BCUT2D eigenvalue weighted by Gasteiger charge is -2.26. The van der Waals surface area contributed by atoms with Crippen molar-refractivity contribution in [2.24, 2.45) is 5.92 Å². The maximum atomic E-state index is 5.55. The molecule has 0 aromatic carbocycles. The zero-order valence-corrected chi connectivity index (χ0v) is 12.4. The maximum absolute atomic E-state index is 5.55. The highest BCUT2D eigenvalue weighted by molar-refractivity contribution is 7.10. The summed E-state index contributed by atoms with van der Waals surface area (Å²) >= 11 is 1.83. The summed E-state index contributed by atoms with van der Waals surface area (Å²) < 4.78 is 5.55. The van der Waals surface area contributed by atoms with Crippen molar-refractivity contribution >= 4 is 11.3 Å². The lowest BCUT2D eigenvalue weighted by atomic mass is 10.0. The Morgan fingerprint density at radius 3 is 2.53 bits per heavy atom. The molecule has 3 heteroatoms. The van der Waals surface area contributed by atoms with E-state index in [9.17, 15) is 0 Å². The highest BCUT2D eigenvalue weighted by Crippen LogP contribution is 2.24. The van der Waals surface area contributed by atoms with Gasteiger partial charge in [0.1, 0.15) is 0 Å². The number of ether oxygens (including phenoxy) is 1. The van der Waals surface area contributed by atoms with Gasteiger partial charge in [0.05, 0.1) is 6.61 Å². The summed E-state index contributed by atoms with van der Waals surface area (Å²) in [5, 5.41) is 5.84. The Labute approximate surface area is 109 Å². The van der Waals surface area contributed by atoms with E-state index in [2.05, 4.69) is 44.5 Å². The number of hydrogen-bond acceptors (Lipinski definition) is 3. The SMILES string of the molecule is CCOCC(NC(C)c1sccc1C)C(C)C. The molecule has 0 saturated carbocycles. The molecule has 0 fully saturated rings. The summed E-state index contributed by atoms with van der Waals surface area (Å²) in [6.45, 7) is 12.5. The van der Waals surface area contributed by atoms with Crippen LogP contribution in [0.4, 0.5) is 0 Å². The van der Waals surface area contributed by atoms with Crippen molar-refractivity contribution in [1.29, 1.82) is 0 Å². The molecule has 0 amide bonds. The highest BCUT2D eigenvalue weighted by Gasteiger charge is 2.18. The summed E-state index contributed by atoms with van der Waals surface area (Å²) in [6.07, 6.45) is 0. The minimum absolute atomic E-state index is 0.405. The van der Waals surface area contributed by atoms with E-state index in [0.29, 0.717) is 18.0 Å². The van der Waals surface area contributed by atoms with Gasteiger partial charge in [-0.3, -0.25) is 0 Å². The molecule has 1 N–H and O–H groups in total. The maximum Gasteiger partial charge on any atom is 0.0622 e. The highest BCUT2D eigenvalue weighted by atomic mass is 32.1. The van der Waals surface area contributed by atoms with Crippen LogP contribution >= 0.6 is 11.3 Å². The van der Waals surface area contributed by atoms with Gasteiger partial charge in [-0.1, -0.05) is 13.8 Å². The summed E-state index contributed by atoms with van der Waals surface area (Å²) in [5.41, 5.74) is 1.38. The van der Waals surface area contributed by atoms with Crippen molar-refractivity contribution < 1.29 is 4.74 Å². The molecule has 0 aliphatic rings. The molecule has 2 unspecified atom stereocenters. The average molecular weight is 255 g/mol. The van der Waals surface area contributed by atoms with Crippen molar-refractivity contribution in [2.75, 3.05) is 13.2 Å². The molecule has 1 aromatic rings. The first-order chi connectivity index (χ1) is 8.06. The molecule has 0 spiro atoms. The molecule has 98 valence electrons. The molecular formula is C14H25NOS. The number of rotatable bonds is 7. The molecule has 0 bridgehead atoms. The van der Waals surface area contributed by atoms with Crippen molar-refractivity contribution in [3.05, 3.63) is 21.9 Å². The third kappa shape index (κ3) is 4.41. The molecule has 0 aliphatic heterocycles. The van der Waals surface area contributed by atoms with Gasteiger partial charge in [0.15, 0.2) is 0 Å². The van der Waals surface area contributed by atoms with Gasteiger partial charge >= 0.3 is 0 Å². The van der Waals surface area contributed by atoms with Crippen LogP contribution in [0.3, 0.4) is 0 Å². The van der Waals surface area contributed by atoms with E-state index in [1.165, 1.54) is 10.4 Å². The molecule has 1 rings (SSSR count). The second kappa shape index (κ2) is 7.14. The fourth-order valence-electron chi connectivity index (χ4n) is 1.90. The van der Waals surface area contributed by atoms with Gasteiger partial charge in [-0.2, -0.15) is 0 Å². The number of thiophene rings is 1. The van der Waals surface area contributed by atoms with Crippen molar-refractivity contribution in [3.63, 3.8) is 0 Å². The Balaban J connectivity index is 2.57. The minimum Gasteiger partial charge on any atom is -0.380 e.